The minimum absolute atomic E-state index is 0.00787. The summed E-state index contributed by atoms with van der Waals surface area (Å²) < 4.78 is 0. The molecule has 0 unspecified atom stereocenters. The van der Waals surface area contributed by atoms with Crippen LogP contribution in [-0.2, 0) is 4.79 Å². The van der Waals surface area contributed by atoms with Crippen molar-refractivity contribution in [2.45, 2.75) is 39.7 Å². The first-order valence-electron chi connectivity index (χ1n) is 7.12. The van der Waals surface area contributed by atoms with Crippen LogP contribution in [0.5, 0.6) is 0 Å². The molecule has 1 aromatic carbocycles. The van der Waals surface area contributed by atoms with Crippen LogP contribution in [0, 0.1) is 6.92 Å². The van der Waals surface area contributed by atoms with Crippen molar-refractivity contribution in [1.29, 1.82) is 0 Å². The molecule has 0 aliphatic carbocycles. The first-order valence-corrected chi connectivity index (χ1v) is 7.12. The molecule has 2 N–H and O–H groups in total. The number of hydrogen-bond donors (Lipinski definition) is 2. The Morgan fingerprint density at radius 1 is 1.35 bits per heavy atom. The van der Waals surface area contributed by atoms with Crippen LogP contribution in [0.15, 0.2) is 24.3 Å². The Morgan fingerprint density at radius 3 is 2.55 bits per heavy atom. The van der Waals surface area contributed by atoms with Crippen molar-refractivity contribution in [1.82, 2.24) is 4.90 Å². The van der Waals surface area contributed by atoms with Crippen molar-refractivity contribution in [3.63, 3.8) is 0 Å². The summed E-state index contributed by atoms with van der Waals surface area (Å²) in [5.74, 6) is 0.00787. The molecule has 0 heterocycles. The van der Waals surface area contributed by atoms with E-state index < -0.39 is 5.60 Å². The van der Waals surface area contributed by atoms with Gasteiger partial charge in [-0.15, -0.1) is 0 Å². The van der Waals surface area contributed by atoms with E-state index in [0.717, 1.165) is 17.8 Å². The zero-order valence-electron chi connectivity index (χ0n) is 12.9. The van der Waals surface area contributed by atoms with Crippen molar-refractivity contribution < 1.29 is 9.90 Å². The van der Waals surface area contributed by atoms with Gasteiger partial charge in [0, 0.05) is 25.2 Å². The fraction of sp³-hybridized carbons (Fsp3) is 0.562. The summed E-state index contributed by atoms with van der Waals surface area (Å²) in [5.41, 5.74) is 1.19. The van der Waals surface area contributed by atoms with E-state index in [2.05, 4.69) is 10.2 Å². The van der Waals surface area contributed by atoms with Gasteiger partial charge >= 0.3 is 0 Å². The molecule has 0 fully saturated rings. The fourth-order valence-electron chi connectivity index (χ4n) is 2.08. The maximum Gasteiger partial charge on any atom is 0.225 e. The van der Waals surface area contributed by atoms with Crippen molar-refractivity contribution >= 4 is 11.6 Å². The molecule has 0 spiro atoms. The summed E-state index contributed by atoms with van der Waals surface area (Å²) in [6.45, 7) is 9.61. The van der Waals surface area contributed by atoms with Gasteiger partial charge < -0.3 is 15.3 Å². The molecule has 0 aliphatic heterocycles. The van der Waals surface area contributed by atoms with E-state index in [-0.39, 0.29) is 5.91 Å². The standard InChI is InChI=1S/C16H26N2O2/c1-5-18(12-16(3,4)20)11-10-15(19)17-14-9-7-6-8-13(14)2/h6-9,20H,5,10-12H2,1-4H3,(H,17,19). The van der Waals surface area contributed by atoms with Gasteiger partial charge in [0.25, 0.3) is 0 Å². The molecular weight excluding hydrogens is 252 g/mol. The Balaban J connectivity index is 2.45. The van der Waals surface area contributed by atoms with Gasteiger partial charge in [-0.1, -0.05) is 25.1 Å². The minimum Gasteiger partial charge on any atom is -0.389 e. The smallest absolute Gasteiger partial charge is 0.225 e. The van der Waals surface area contributed by atoms with Crippen LogP contribution < -0.4 is 5.32 Å². The number of nitrogens with zero attached hydrogens (tertiary/aromatic N) is 1. The molecule has 0 radical (unpaired) electrons. The predicted molar refractivity (Wildman–Crippen MR) is 82.8 cm³/mol. The molecule has 0 saturated heterocycles. The summed E-state index contributed by atoms with van der Waals surface area (Å²) in [5, 5.41) is 12.7. The van der Waals surface area contributed by atoms with E-state index >= 15 is 0 Å². The van der Waals surface area contributed by atoms with Crippen molar-refractivity contribution in [3.8, 4) is 0 Å². The van der Waals surface area contributed by atoms with Crippen LogP contribution in [0.3, 0.4) is 0 Å². The van der Waals surface area contributed by atoms with E-state index in [9.17, 15) is 9.90 Å². The van der Waals surface area contributed by atoms with E-state index in [0.29, 0.717) is 19.5 Å². The highest BCUT2D eigenvalue weighted by Crippen LogP contribution is 2.13. The molecule has 1 aromatic rings. The summed E-state index contributed by atoms with van der Waals surface area (Å²) >= 11 is 0. The zero-order chi connectivity index (χ0) is 15.2. The molecule has 20 heavy (non-hydrogen) atoms. The van der Waals surface area contributed by atoms with Crippen LogP contribution in [0.25, 0.3) is 0 Å². The zero-order valence-corrected chi connectivity index (χ0v) is 12.9. The second-order valence-electron chi connectivity index (χ2n) is 5.79. The number of carbonyl (C=O) groups is 1. The molecule has 112 valence electrons. The van der Waals surface area contributed by atoms with Crippen LogP contribution in [0.1, 0.15) is 32.8 Å². The van der Waals surface area contributed by atoms with Crippen LogP contribution in [-0.4, -0.2) is 41.1 Å². The average molecular weight is 278 g/mol. The van der Waals surface area contributed by atoms with Gasteiger partial charge in [-0.2, -0.15) is 0 Å². The van der Waals surface area contributed by atoms with Gasteiger partial charge in [0.05, 0.1) is 5.60 Å². The van der Waals surface area contributed by atoms with Crippen molar-refractivity contribution in [2.75, 3.05) is 25.0 Å². The first-order chi connectivity index (χ1) is 9.31. The molecule has 0 saturated carbocycles. The van der Waals surface area contributed by atoms with E-state index in [1.165, 1.54) is 0 Å². The maximum atomic E-state index is 12.0. The Kier molecular flexibility index (Phi) is 6.17. The number of nitrogens with one attached hydrogen (secondary N) is 1. The largest absolute Gasteiger partial charge is 0.389 e. The number of anilines is 1. The topological polar surface area (TPSA) is 52.6 Å². The highest BCUT2D eigenvalue weighted by molar-refractivity contribution is 5.91. The van der Waals surface area contributed by atoms with Crippen molar-refractivity contribution in [3.05, 3.63) is 29.8 Å². The number of aryl methyl sites for hydroxylation is 1. The van der Waals surface area contributed by atoms with Gasteiger partial charge in [-0.05, 0) is 38.9 Å². The first kappa shape index (κ1) is 16.7. The number of amides is 1. The number of para-hydroxylation sites is 1. The van der Waals surface area contributed by atoms with Gasteiger partial charge in [0.15, 0.2) is 0 Å². The molecular formula is C16H26N2O2. The number of rotatable bonds is 7. The van der Waals surface area contributed by atoms with Gasteiger partial charge in [0.1, 0.15) is 0 Å². The second-order valence-corrected chi connectivity index (χ2v) is 5.79. The Bertz CT molecular complexity index is 438. The molecule has 0 atom stereocenters. The number of likely N-dealkylation sites (N-methyl/N-ethyl adjacent to an activating group) is 1. The Morgan fingerprint density at radius 2 is 2.00 bits per heavy atom. The maximum absolute atomic E-state index is 12.0. The van der Waals surface area contributed by atoms with Crippen LogP contribution >= 0.6 is 0 Å². The third-order valence-electron chi connectivity index (χ3n) is 3.13. The van der Waals surface area contributed by atoms with Gasteiger partial charge in [-0.3, -0.25) is 4.79 Å². The molecule has 1 rings (SSSR count). The molecule has 4 nitrogen and oxygen atoms in total. The lowest BCUT2D eigenvalue weighted by Crippen LogP contribution is -2.39. The Labute approximate surface area is 121 Å². The quantitative estimate of drug-likeness (QED) is 0.805. The molecule has 0 aromatic heterocycles. The number of benzene rings is 1. The molecule has 0 aliphatic rings. The van der Waals surface area contributed by atoms with Gasteiger partial charge in [-0.25, -0.2) is 0 Å². The highest BCUT2D eigenvalue weighted by atomic mass is 16.3. The molecule has 1 amide bonds. The second kappa shape index (κ2) is 7.41. The lowest BCUT2D eigenvalue weighted by molar-refractivity contribution is -0.116. The normalized spacial score (nSPS) is 11.7. The number of carbonyl (C=O) groups excluding carboxylic acids is 1. The predicted octanol–water partition coefficient (Wildman–Crippen LogP) is 2.42. The minimum atomic E-state index is -0.734. The van der Waals surface area contributed by atoms with E-state index in [1.807, 2.05) is 38.1 Å². The summed E-state index contributed by atoms with van der Waals surface area (Å²) in [7, 11) is 0. The van der Waals surface area contributed by atoms with E-state index in [1.54, 1.807) is 13.8 Å². The molecule has 0 bridgehead atoms. The van der Waals surface area contributed by atoms with Crippen molar-refractivity contribution in [2.24, 2.45) is 0 Å². The summed E-state index contributed by atoms with van der Waals surface area (Å²) in [4.78, 5) is 14.0. The van der Waals surface area contributed by atoms with Gasteiger partial charge in [0.2, 0.25) is 5.91 Å². The van der Waals surface area contributed by atoms with Crippen LogP contribution in [0.2, 0.25) is 0 Å². The SMILES string of the molecule is CCN(CCC(=O)Nc1ccccc1C)CC(C)(C)O. The lowest BCUT2D eigenvalue weighted by atomic mass is 10.1. The third kappa shape index (κ3) is 6.17. The summed E-state index contributed by atoms with van der Waals surface area (Å²) in [6, 6.07) is 7.74. The highest BCUT2D eigenvalue weighted by Gasteiger charge is 2.17. The fourth-order valence-corrected chi connectivity index (χ4v) is 2.08. The Hall–Kier alpha value is -1.39. The number of hydrogen-bond acceptors (Lipinski definition) is 3. The lowest BCUT2D eigenvalue weighted by Gasteiger charge is -2.27. The van der Waals surface area contributed by atoms with E-state index in [4.69, 9.17) is 0 Å². The third-order valence-corrected chi connectivity index (χ3v) is 3.13. The summed E-state index contributed by atoms with van der Waals surface area (Å²) in [6.07, 6.45) is 0.429. The average Bonchev–Trinajstić information content (AvgIpc) is 2.36. The number of aliphatic hydroxyl groups is 1. The van der Waals surface area contributed by atoms with Crippen LogP contribution in [0.4, 0.5) is 5.69 Å². The molecule has 4 heteroatoms. The monoisotopic (exact) mass is 278 g/mol.